The Morgan fingerprint density at radius 2 is 1.68 bits per heavy atom. The molecule has 0 unspecified atom stereocenters. The van der Waals surface area contributed by atoms with Gasteiger partial charge in [0.25, 0.3) is 0 Å². The van der Waals surface area contributed by atoms with Crippen LogP contribution < -0.4 is 0 Å². The van der Waals surface area contributed by atoms with Crippen LogP contribution >= 0.6 is 15.9 Å². The number of rotatable bonds is 2. The Bertz CT molecular complexity index is 1010. The molecule has 0 atom stereocenters. The maximum atomic E-state index is 14.5. The van der Waals surface area contributed by atoms with Crippen LogP contribution in [-0.4, -0.2) is 9.55 Å². The second-order valence-corrected chi connectivity index (χ2v) is 6.27. The van der Waals surface area contributed by atoms with Crippen LogP contribution in [0, 0.1) is 42.6 Å². The van der Waals surface area contributed by atoms with E-state index in [1.807, 2.05) is 0 Å². The molecule has 25 heavy (non-hydrogen) atoms. The van der Waals surface area contributed by atoms with Gasteiger partial charge in [-0.25, -0.2) is 18.2 Å². The van der Waals surface area contributed by atoms with E-state index in [4.69, 9.17) is 5.26 Å². The van der Waals surface area contributed by atoms with Crippen molar-refractivity contribution in [2.24, 2.45) is 0 Å². The van der Waals surface area contributed by atoms with Crippen molar-refractivity contribution < 1.29 is 13.2 Å². The average Bonchev–Trinajstić information content (AvgIpc) is 2.81. The Morgan fingerprint density at radius 1 is 1.04 bits per heavy atom. The van der Waals surface area contributed by atoms with Gasteiger partial charge in [0.05, 0.1) is 28.6 Å². The van der Waals surface area contributed by atoms with E-state index in [1.54, 1.807) is 26.0 Å². The summed E-state index contributed by atoms with van der Waals surface area (Å²) in [4.78, 5) is 4.17. The minimum absolute atomic E-state index is 0.0414. The molecule has 0 aliphatic heterocycles. The summed E-state index contributed by atoms with van der Waals surface area (Å²) in [6.45, 7) is 3.34. The lowest BCUT2D eigenvalue weighted by atomic mass is 10.1. The molecule has 0 bridgehead atoms. The number of nitrogens with zero attached hydrogens (tertiary/aromatic N) is 3. The molecule has 126 valence electrons. The van der Waals surface area contributed by atoms with Crippen LogP contribution in [0.3, 0.4) is 0 Å². The van der Waals surface area contributed by atoms with Crippen molar-refractivity contribution in [2.45, 2.75) is 13.8 Å². The number of hydrogen-bond acceptors (Lipinski definition) is 2. The molecule has 0 amide bonds. The Morgan fingerprint density at radius 3 is 2.24 bits per heavy atom. The first-order chi connectivity index (χ1) is 11.8. The van der Waals surface area contributed by atoms with Crippen molar-refractivity contribution >= 4 is 15.9 Å². The van der Waals surface area contributed by atoms with Gasteiger partial charge in [0.1, 0.15) is 27.9 Å². The van der Waals surface area contributed by atoms with Gasteiger partial charge in [0.2, 0.25) is 0 Å². The zero-order valence-electron chi connectivity index (χ0n) is 13.2. The molecule has 0 aliphatic carbocycles. The fourth-order valence-electron chi connectivity index (χ4n) is 2.67. The molecule has 3 rings (SSSR count). The van der Waals surface area contributed by atoms with E-state index in [9.17, 15) is 13.2 Å². The van der Waals surface area contributed by atoms with E-state index >= 15 is 0 Å². The van der Waals surface area contributed by atoms with Gasteiger partial charge >= 0.3 is 0 Å². The molecule has 0 radical (unpaired) electrons. The molecule has 1 aromatic heterocycles. The van der Waals surface area contributed by atoms with Crippen molar-refractivity contribution in [3.05, 3.63) is 69.3 Å². The van der Waals surface area contributed by atoms with Gasteiger partial charge in [0.15, 0.2) is 0 Å². The van der Waals surface area contributed by atoms with Gasteiger partial charge in [-0.3, -0.25) is 4.57 Å². The highest BCUT2D eigenvalue weighted by Crippen LogP contribution is 2.36. The molecule has 0 saturated carbocycles. The summed E-state index contributed by atoms with van der Waals surface area (Å²) >= 11 is 3.19. The van der Waals surface area contributed by atoms with E-state index < -0.39 is 17.5 Å². The van der Waals surface area contributed by atoms with Crippen molar-refractivity contribution in [1.82, 2.24) is 9.55 Å². The predicted molar refractivity (Wildman–Crippen MR) is 90.8 cm³/mol. The van der Waals surface area contributed by atoms with Gasteiger partial charge in [-0.05, 0) is 59.6 Å². The Kier molecular flexibility index (Phi) is 4.39. The maximum Gasteiger partial charge on any atom is 0.147 e. The molecular weight excluding hydrogens is 395 g/mol. The lowest BCUT2D eigenvalue weighted by Gasteiger charge is -2.14. The van der Waals surface area contributed by atoms with E-state index in [2.05, 4.69) is 20.9 Å². The van der Waals surface area contributed by atoms with Crippen molar-refractivity contribution in [1.29, 1.82) is 5.26 Å². The fraction of sp³-hybridized carbons (Fsp3) is 0.111. The van der Waals surface area contributed by atoms with Crippen LogP contribution in [0.5, 0.6) is 0 Å². The van der Waals surface area contributed by atoms with E-state index in [0.29, 0.717) is 5.82 Å². The molecule has 0 saturated heterocycles. The highest BCUT2D eigenvalue weighted by Gasteiger charge is 2.24. The van der Waals surface area contributed by atoms with Gasteiger partial charge in [0, 0.05) is 0 Å². The van der Waals surface area contributed by atoms with Crippen molar-refractivity contribution in [2.75, 3.05) is 0 Å². The van der Waals surface area contributed by atoms with E-state index in [-0.39, 0.29) is 27.1 Å². The summed E-state index contributed by atoms with van der Waals surface area (Å²) in [7, 11) is 0. The first-order valence-corrected chi connectivity index (χ1v) is 8.03. The Hall–Kier alpha value is -2.59. The normalized spacial score (nSPS) is 10.8. The number of halogens is 4. The minimum atomic E-state index is -0.925. The Balaban J connectivity index is 2.35. The zero-order valence-corrected chi connectivity index (χ0v) is 14.8. The molecule has 3 aromatic rings. The molecule has 7 heteroatoms. The topological polar surface area (TPSA) is 41.6 Å². The summed E-state index contributed by atoms with van der Waals surface area (Å²) < 4.78 is 44.9. The third-order valence-corrected chi connectivity index (χ3v) is 4.31. The third-order valence-electron chi connectivity index (χ3n) is 3.75. The van der Waals surface area contributed by atoms with Crippen LogP contribution in [0.15, 0.2) is 34.9 Å². The molecule has 0 fully saturated rings. The van der Waals surface area contributed by atoms with Crippen LogP contribution in [0.2, 0.25) is 0 Å². The van der Waals surface area contributed by atoms with Crippen LogP contribution in [0.4, 0.5) is 13.2 Å². The standard InChI is InChI=1S/C18H11BrF3N3/c1-9-3-4-15(12(20)5-9)25-10(2)24-18(19)17(25)16-13(21)6-11(8-23)7-14(16)22/h3-7H,1-2H3. The summed E-state index contributed by atoms with van der Waals surface area (Å²) in [5.74, 6) is -2.03. The highest BCUT2D eigenvalue weighted by molar-refractivity contribution is 9.10. The summed E-state index contributed by atoms with van der Waals surface area (Å²) in [6, 6.07) is 8.11. The lowest BCUT2D eigenvalue weighted by Crippen LogP contribution is -2.05. The SMILES string of the molecule is Cc1ccc(-n2c(C)nc(Br)c2-c2c(F)cc(C#N)cc2F)c(F)c1. The number of benzene rings is 2. The third kappa shape index (κ3) is 2.94. The summed E-state index contributed by atoms with van der Waals surface area (Å²) in [6.07, 6.45) is 0. The molecule has 1 heterocycles. The number of hydrogen-bond donors (Lipinski definition) is 0. The molecule has 2 aromatic carbocycles. The van der Waals surface area contributed by atoms with E-state index in [0.717, 1.165) is 17.7 Å². The number of aromatic nitrogens is 2. The molecule has 3 nitrogen and oxygen atoms in total. The molecular formula is C18H11BrF3N3. The quantitative estimate of drug-likeness (QED) is 0.587. The van der Waals surface area contributed by atoms with Gasteiger partial charge in [-0.1, -0.05) is 6.07 Å². The van der Waals surface area contributed by atoms with Crippen molar-refractivity contribution in [3.8, 4) is 23.0 Å². The van der Waals surface area contributed by atoms with Crippen molar-refractivity contribution in [3.63, 3.8) is 0 Å². The highest BCUT2D eigenvalue weighted by atomic mass is 79.9. The lowest BCUT2D eigenvalue weighted by molar-refractivity contribution is 0.585. The monoisotopic (exact) mass is 405 g/mol. The first kappa shape index (κ1) is 17.2. The summed E-state index contributed by atoms with van der Waals surface area (Å²) in [5.41, 5.74) is 0.361. The number of nitriles is 1. The zero-order chi connectivity index (χ0) is 18.3. The number of imidazole rings is 1. The second-order valence-electron chi connectivity index (χ2n) is 5.52. The van der Waals surface area contributed by atoms with Gasteiger partial charge in [-0.2, -0.15) is 5.26 Å². The average molecular weight is 406 g/mol. The van der Waals surface area contributed by atoms with Gasteiger partial charge in [-0.15, -0.1) is 0 Å². The number of aryl methyl sites for hydroxylation is 2. The second kappa shape index (κ2) is 6.37. The predicted octanol–water partition coefficient (Wildman–Crippen LogP) is 5.21. The maximum absolute atomic E-state index is 14.5. The molecule has 0 spiro atoms. The first-order valence-electron chi connectivity index (χ1n) is 7.24. The van der Waals surface area contributed by atoms with Gasteiger partial charge < -0.3 is 0 Å². The minimum Gasteiger partial charge on any atom is -0.292 e. The largest absolute Gasteiger partial charge is 0.292 e. The molecule has 0 aliphatic rings. The summed E-state index contributed by atoms with van der Waals surface area (Å²) in [5, 5.41) is 8.84. The fourth-order valence-corrected chi connectivity index (χ4v) is 3.30. The van der Waals surface area contributed by atoms with E-state index in [1.165, 1.54) is 16.7 Å². The van der Waals surface area contributed by atoms with Crippen LogP contribution in [-0.2, 0) is 0 Å². The van der Waals surface area contributed by atoms with Crippen LogP contribution in [0.25, 0.3) is 16.9 Å². The molecule has 0 N–H and O–H groups in total. The van der Waals surface area contributed by atoms with Crippen LogP contribution in [0.1, 0.15) is 17.0 Å². The smallest absolute Gasteiger partial charge is 0.147 e. The Labute approximate surface area is 150 Å².